The van der Waals surface area contributed by atoms with Gasteiger partial charge in [-0.05, 0) is 25.1 Å². The van der Waals surface area contributed by atoms with Crippen LogP contribution in [-0.2, 0) is 4.79 Å². The second-order valence-electron chi connectivity index (χ2n) is 4.82. The summed E-state index contributed by atoms with van der Waals surface area (Å²) < 4.78 is 13.7. The number of thioether (sulfide) groups is 1. The zero-order valence-electron chi connectivity index (χ0n) is 11.6. The van der Waals surface area contributed by atoms with E-state index in [0.29, 0.717) is 11.4 Å². The lowest BCUT2D eigenvalue weighted by Crippen LogP contribution is -2.37. The van der Waals surface area contributed by atoms with Gasteiger partial charge in [0.2, 0.25) is 5.91 Å². The molecule has 112 valence electrons. The highest BCUT2D eigenvalue weighted by Gasteiger charge is 2.25. The Morgan fingerprint density at radius 2 is 2.30 bits per heavy atom. The van der Waals surface area contributed by atoms with Crippen LogP contribution in [0.3, 0.4) is 0 Å². The molecular formula is C14H20ClFN2OS. The second-order valence-corrected chi connectivity index (χ2v) is 5.92. The van der Waals surface area contributed by atoms with Gasteiger partial charge in [0.1, 0.15) is 5.82 Å². The van der Waals surface area contributed by atoms with Crippen molar-refractivity contribution in [1.29, 1.82) is 0 Å². The first-order chi connectivity index (χ1) is 9.13. The molecule has 1 heterocycles. The Morgan fingerprint density at radius 1 is 1.55 bits per heavy atom. The maximum absolute atomic E-state index is 13.7. The minimum absolute atomic E-state index is 0. The normalized spacial score (nSPS) is 18.6. The van der Waals surface area contributed by atoms with Crippen molar-refractivity contribution in [2.75, 3.05) is 19.3 Å². The average Bonchev–Trinajstić information content (AvgIpc) is 2.40. The quantitative estimate of drug-likeness (QED) is 0.897. The van der Waals surface area contributed by atoms with E-state index in [9.17, 15) is 9.18 Å². The van der Waals surface area contributed by atoms with Crippen molar-refractivity contribution in [2.24, 2.45) is 5.92 Å². The predicted molar refractivity (Wildman–Crippen MR) is 83.0 cm³/mol. The van der Waals surface area contributed by atoms with Crippen LogP contribution in [-0.4, -0.2) is 25.3 Å². The highest BCUT2D eigenvalue weighted by Crippen LogP contribution is 2.37. The molecule has 0 spiro atoms. The molecular weight excluding hydrogens is 299 g/mol. The molecule has 0 aliphatic carbocycles. The Kier molecular flexibility index (Phi) is 6.79. The predicted octanol–water partition coefficient (Wildman–Crippen LogP) is 2.76. The molecule has 0 fully saturated rings. The summed E-state index contributed by atoms with van der Waals surface area (Å²) >= 11 is 1.53. The van der Waals surface area contributed by atoms with Crippen LogP contribution >= 0.6 is 24.2 Å². The molecule has 1 aliphatic heterocycles. The smallest absolute Gasteiger partial charge is 0.224 e. The maximum Gasteiger partial charge on any atom is 0.224 e. The third-order valence-electron chi connectivity index (χ3n) is 3.30. The summed E-state index contributed by atoms with van der Waals surface area (Å²) in [6.07, 6.45) is 0.846. The fraction of sp³-hybridized carbons (Fsp3) is 0.500. The van der Waals surface area contributed by atoms with E-state index >= 15 is 0 Å². The Balaban J connectivity index is 0.00000200. The van der Waals surface area contributed by atoms with Crippen molar-refractivity contribution in [3.63, 3.8) is 0 Å². The van der Waals surface area contributed by atoms with Gasteiger partial charge in [-0.25, -0.2) is 4.39 Å². The largest absolute Gasteiger partial charge is 0.349 e. The molecule has 2 N–H and O–H groups in total. The van der Waals surface area contributed by atoms with Gasteiger partial charge in [-0.2, -0.15) is 0 Å². The number of carbonyl (C=O) groups excluding carboxylic acids is 1. The summed E-state index contributed by atoms with van der Waals surface area (Å²) in [4.78, 5) is 12.7. The Morgan fingerprint density at radius 3 is 3.00 bits per heavy atom. The van der Waals surface area contributed by atoms with Crippen molar-refractivity contribution in [2.45, 2.75) is 24.3 Å². The minimum atomic E-state index is -0.190. The third kappa shape index (κ3) is 3.87. The van der Waals surface area contributed by atoms with Gasteiger partial charge in [-0.3, -0.25) is 4.79 Å². The molecule has 1 aromatic rings. The van der Waals surface area contributed by atoms with Crippen molar-refractivity contribution in [3.8, 4) is 0 Å². The van der Waals surface area contributed by atoms with E-state index in [0.717, 1.165) is 17.7 Å². The number of nitrogens with one attached hydrogen (secondary N) is 2. The summed E-state index contributed by atoms with van der Waals surface area (Å²) in [6, 6.07) is 5.01. The Bertz CT molecular complexity index is 472. The van der Waals surface area contributed by atoms with Crippen LogP contribution in [0.5, 0.6) is 0 Å². The van der Waals surface area contributed by atoms with E-state index in [1.807, 2.05) is 20.0 Å². The average molecular weight is 319 g/mol. The van der Waals surface area contributed by atoms with Gasteiger partial charge in [0.25, 0.3) is 0 Å². The van der Waals surface area contributed by atoms with Crippen LogP contribution in [0.25, 0.3) is 0 Å². The number of amides is 1. The lowest BCUT2D eigenvalue weighted by molar-refractivity contribution is -0.125. The molecule has 6 heteroatoms. The Hall–Kier alpha value is -0.780. The van der Waals surface area contributed by atoms with Gasteiger partial charge in [0.05, 0.1) is 6.04 Å². The van der Waals surface area contributed by atoms with Gasteiger partial charge in [-0.15, -0.1) is 24.2 Å². The van der Waals surface area contributed by atoms with E-state index in [2.05, 4.69) is 10.6 Å². The lowest BCUT2D eigenvalue weighted by Gasteiger charge is -2.27. The first-order valence-corrected chi connectivity index (χ1v) is 7.48. The molecule has 1 aromatic carbocycles. The number of hydrogen-bond acceptors (Lipinski definition) is 3. The van der Waals surface area contributed by atoms with Crippen LogP contribution < -0.4 is 10.6 Å². The molecule has 2 rings (SSSR count). The number of halogens is 2. The van der Waals surface area contributed by atoms with Crippen molar-refractivity contribution in [3.05, 3.63) is 29.6 Å². The summed E-state index contributed by atoms with van der Waals surface area (Å²) in [6.45, 7) is 2.53. The molecule has 0 bridgehead atoms. The van der Waals surface area contributed by atoms with Gasteiger partial charge in [0, 0.05) is 23.1 Å². The molecule has 2 unspecified atom stereocenters. The van der Waals surface area contributed by atoms with E-state index in [4.69, 9.17) is 0 Å². The molecule has 0 aromatic heterocycles. The first kappa shape index (κ1) is 17.3. The van der Waals surface area contributed by atoms with Gasteiger partial charge in [0.15, 0.2) is 0 Å². The van der Waals surface area contributed by atoms with Gasteiger partial charge < -0.3 is 10.6 Å². The molecule has 1 aliphatic rings. The standard InChI is InChI=1S/C14H19FN2OS.ClH/c1-9(8-16-2)14(18)17-12-6-7-19-13-10(12)4-3-5-11(13)15;/h3-5,9,12,16H,6-8H2,1-2H3,(H,17,18);1H. The number of hydrogen-bond donors (Lipinski definition) is 2. The van der Waals surface area contributed by atoms with Crippen LogP contribution in [0.4, 0.5) is 4.39 Å². The molecule has 2 atom stereocenters. The van der Waals surface area contributed by atoms with Crippen LogP contribution in [0, 0.1) is 11.7 Å². The third-order valence-corrected chi connectivity index (χ3v) is 4.46. The fourth-order valence-corrected chi connectivity index (χ4v) is 3.39. The molecule has 1 amide bonds. The molecule has 20 heavy (non-hydrogen) atoms. The van der Waals surface area contributed by atoms with Crippen molar-refractivity contribution < 1.29 is 9.18 Å². The number of fused-ring (bicyclic) bond motifs is 1. The van der Waals surface area contributed by atoms with Crippen LogP contribution in [0.15, 0.2) is 23.1 Å². The number of benzene rings is 1. The van der Waals surface area contributed by atoms with Crippen molar-refractivity contribution >= 4 is 30.1 Å². The summed E-state index contributed by atoms with van der Waals surface area (Å²) in [5, 5.41) is 6.02. The molecule has 0 saturated heterocycles. The van der Waals surface area contributed by atoms with Gasteiger partial charge >= 0.3 is 0 Å². The lowest BCUT2D eigenvalue weighted by atomic mass is 10.0. The van der Waals surface area contributed by atoms with Gasteiger partial charge in [-0.1, -0.05) is 19.1 Å². The SMILES string of the molecule is CNCC(C)C(=O)NC1CCSc2c(F)cccc21.Cl. The maximum atomic E-state index is 13.7. The fourth-order valence-electron chi connectivity index (χ4n) is 2.25. The number of carbonyl (C=O) groups is 1. The monoisotopic (exact) mass is 318 g/mol. The zero-order valence-corrected chi connectivity index (χ0v) is 13.2. The molecule has 0 saturated carbocycles. The zero-order chi connectivity index (χ0) is 13.8. The van der Waals surface area contributed by atoms with E-state index in [1.165, 1.54) is 17.8 Å². The number of rotatable bonds is 4. The van der Waals surface area contributed by atoms with E-state index in [1.54, 1.807) is 6.07 Å². The summed E-state index contributed by atoms with van der Waals surface area (Å²) in [7, 11) is 1.83. The highest BCUT2D eigenvalue weighted by molar-refractivity contribution is 7.99. The van der Waals surface area contributed by atoms with Crippen LogP contribution in [0.1, 0.15) is 24.9 Å². The second kappa shape index (κ2) is 7.86. The molecule has 3 nitrogen and oxygen atoms in total. The van der Waals surface area contributed by atoms with E-state index < -0.39 is 0 Å². The summed E-state index contributed by atoms with van der Waals surface area (Å²) in [5.74, 6) is 0.571. The Labute approximate surface area is 129 Å². The topological polar surface area (TPSA) is 41.1 Å². The molecule has 0 radical (unpaired) electrons. The van der Waals surface area contributed by atoms with E-state index in [-0.39, 0.29) is 36.1 Å². The minimum Gasteiger partial charge on any atom is -0.349 e. The first-order valence-electron chi connectivity index (χ1n) is 6.49. The summed E-state index contributed by atoms with van der Waals surface area (Å²) in [5.41, 5.74) is 0.904. The highest BCUT2D eigenvalue weighted by atomic mass is 35.5. The van der Waals surface area contributed by atoms with Crippen molar-refractivity contribution in [1.82, 2.24) is 10.6 Å². The van der Waals surface area contributed by atoms with Crippen LogP contribution in [0.2, 0.25) is 0 Å².